The standard InChI is InChI=1S/C36H21N5O/c1-3-10-22(11-4-1)34-38-35(23-12-5-2-6-13-23)40-36(39-34)41-30-20-24-14-9-19-37-29(24)21-28(30)26-17-18-27-25-15-7-8-16-31(25)42-33(27)32(26)41/h1-21H. The number of benzene rings is 5. The van der Waals surface area contributed by atoms with Gasteiger partial charge in [-0.1, -0.05) is 91.0 Å². The Morgan fingerprint density at radius 1 is 0.548 bits per heavy atom. The third kappa shape index (κ3) is 3.39. The normalized spacial score (nSPS) is 11.8. The summed E-state index contributed by atoms with van der Waals surface area (Å²) in [6.45, 7) is 0. The lowest BCUT2D eigenvalue weighted by Crippen LogP contribution is -2.06. The van der Waals surface area contributed by atoms with Crippen molar-refractivity contribution in [3.8, 4) is 28.7 Å². The molecule has 42 heavy (non-hydrogen) atoms. The highest BCUT2D eigenvalue weighted by molar-refractivity contribution is 6.22. The van der Waals surface area contributed by atoms with E-state index in [2.05, 4.69) is 45.9 Å². The van der Waals surface area contributed by atoms with Gasteiger partial charge in [-0.3, -0.25) is 9.55 Å². The van der Waals surface area contributed by atoms with Gasteiger partial charge in [0.25, 0.3) is 0 Å². The molecule has 196 valence electrons. The fourth-order valence-corrected chi connectivity index (χ4v) is 5.95. The molecular formula is C36H21N5O. The van der Waals surface area contributed by atoms with Gasteiger partial charge >= 0.3 is 0 Å². The van der Waals surface area contributed by atoms with Crippen LogP contribution in [0.2, 0.25) is 0 Å². The van der Waals surface area contributed by atoms with Crippen molar-refractivity contribution in [3.05, 3.63) is 128 Å². The highest BCUT2D eigenvalue weighted by Crippen LogP contribution is 2.41. The van der Waals surface area contributed by atoms with Crippen LogP contribution in [0.15, 0.2) is 132 Å². The van der Waals surface area contributed by atoms with E-state index in [1.54, 1.807) is 0 Å². The van der Waals surface area contributed by atoms with Crippen molar-refractivity contribution < 1.29 is 4.42 Å². The molecule has 4 aromatic heterocycles. The summed E-state index contributed by atoms with van der Waals surface area (Å²) < 4.78 is 8.70. The molecule has 0 radical (unpaired) electrons. The molecule has 0 aliphatic rings. The van der Waals surface area contributed by atoms with Crippen LogP contribution in [-0.4, -0.2) is 24.5 Å². The highest BCUT2D eigenvalue weighted by atomic mass is 16.3. The summed E-state index contributed by atoms with van der Waals surface area (Å²) in [5, 5.41) is 5.26. The number of para-hydroxylation sites is 1. The molecule has 6 heteroatoms. The van der Waals surface area contributed by atoms with Gasteiger partial charge in [0, 0.05) is 44.3 Å². The first-order chi connectivity index (χ1) is 20.8. The van der Waals surface area contributed by atoms with Crippen LogP contribution in [-0.2, 0) is 0 Å². The summed E-state index contributed by atoms with van der Waals surface area (Å²) in [7, 11) is 0. The average Bonchev–Trinajstić information content (AvgIpc) is 3.60. The first-order valence-electron chi connectivity index (χ1n) is 13.8. The van der Waals surface area contributed by atoms with E-state index in [0.717, 1.165) is 65.8 Å². The molecule has 0 fully saturated rings. The molecule has 0 unspecified atom stereocenters. The van der Waals surface area contributed by atoms with Gasteiger partial charge in [-0.2, -0.15) is 9.97 Å². The Balaban J connectivity index is 1.47. The lowest BCUT2D eigenvalue weighted by atomic mass is 10.1. The maximum absolute atomic E-state index is 6.58. The Bertz CT molecular complexity index is 2400. The number of aromatic nitrogens is 5. The molecule has 0 saturated heterocycles. The largest absolute Gasteiger partial charge is 0.454 e. The number of pyridine rings is 1. The Hall–Kier alpha value is -5.88. The molecule has 6 nitrogen and oxygen atoms in total. The summed E-state index contributed by atoms with van der Waals surface area (Å²) >= 11 is 0. The molecule has 5 aromatic carbocycles. The van der Waals surface area contributed by atoms with Crippen molar-refractivity contribution in [1.82, 2.24) is 24.5 Å². The van der Waals surface area contributed by atoms with Crippen molar-refractivity contribution in [2.75, 3.05) is 0 Å². The number of hydrogen-bond acceptors (Lipinski definition) is 5. The summed E-state index contributed by atoms with van der Waals surface area (Å²) in [5.74, 6) is 1.74. The smallest absolute Gasteiger partial charge is 0.238 e. The topological polar surface area (TPSA) is 69.6 Å². The lowest BCUT2D eigenvalue weighted by molar-refractivity contribution is 0.670. The third-order valence-electron chi connectivity index (χ3n) is 7.88. The van der Waals surface area contributed by atoms with Crippen molar-refractivity contribution in [1.29, 1.82) is 0 Å². The molecular weight excluding hydrogens is 518 g/mol. The molecule has 0 bridgehead atoms. The zero-order valence-electron chi connectivity index (χ0n) is 22.3. The van der Waals surface area contributed by atoms with Gasteiger partial charge in [0.1, 0.15) is 11.1 Å². The highest BCUT2D eigenvalue weighted by Gasteiger charge is 2.22. The Morgan fingerprint density at radius 2 is 1.24 bits per heavy atom. The summed E-state index contributed by atoms with van der Waals surface area (Å²) in [6, 6.07) is 40.9. The molecule has 4 heterocycles. The molecule has 0 N–H and O–H groups in total. The van der Waals surface area contributed by atoms with Gasteiger partial charge in [0.05, 0.1) is 11.0 Å². The van der Waals surface area contributed by atoms with Gasteiger partial charge in [0.15, 0.2) is 17.2 Å². The number of furan rings is 1. The SMILES string of the molecule is c1ccc(-c2nc(-c3ccccc3)nc(-n3c4cc5cccnc5cc4c4ccc5c6ccccc6oc5c43)n2)cc1. The molecule has 9 rings (SSSR count). The molecule has 0 saturated carbocycles. The van der Waals surface area contributed by atoms with E-state index in [1.165, 1.54) is 0 Å². The monoisotopic (exact) mass is 539 g/mol. The van der Waals surface area contributed by atoms with Gasteiger partial charge in [-0.15, -0.1) is 0 Å². The predicted molar refractivity (Wildman–Crippen MR) is 168 cm³/mol. The van der Waals surface area contributed by atoms with Crippen LogP contribution in [0, 0.1) is 0 Å². The molecule has 0 amide bonds. The van der Waals surface area contributed by atoms with Crippen molar-refractivity contribution in [2.24, 2.45) is 0 Å². The Kier molecular flexibility index (Phi) is 4.80. The van der Waals surface area contributed by atoms with Crippen LogP contribution in [0.5, 0.6) is 0 Å². The Labute approximate surface area is 239 Å². The summed E-state index contributed by atoms with van der Waals surface area (Å²) in [4.78, 5) is 19.8. The fraction of sp³-hybridized carbons (Fsp3) is 0. The van der Waals surface area contributed by atoms with Crippen LogP contribution in [0.3, 0.4) is 0 Å². The van der Waals surface area contributed by atoms with Gasteiger partial charge in [0.2, 0.25) is 5.95 Å². The van der Waals surface area contributed by atoms with Crippen LogP contribution in [0.4, 0.5) is 0 Å². The molecule has 0 aliphatic carbocycles. The van der Waals surface area contributed by atoms with E-state index in [4.69, 9.17) is 19.4 Å². The van der Waals surface area contributed by atoms with E-state index >= 15 is 0 Å². The van der Waals surface area contributed by atoms with Gasteiger partial charge < -0.3 is 4.42 Å². The second kappa shape index (κ2) is 8.81. The summed E-state index contributed by atoms with van der Waals surface area (Å²) in [6.07, 6.45) is 1.83. The third-order valence-corrected chi connectivity index (χ3v) is 7.88. The van der Waals surface area contributed by atoms with E-state index < -0.39 is 0 Å². The van der Waals surface area contributed by atoms with Crippen molar-refractivity contribution in [3.63, 3.8) is 0 Å². The number of nitrogens with zero attached hydrogens (tertiary/aromatic N) is 5. The van der Waals surface area contributed by atoms with Crippen LogP contribution in [0.25, 0.3) is 83.4 Å². The maximum Gasteiger partial charge on any atom is 0.238 e. The second-order valence-electron chi connectivity index (χ2n) is 10.4. The minimum atomic E-state index is 0.527. The van der Waals surface area contributed by atoms with Crippen LogP contribution >= 0.6 is 0 Å². The second-order valence-corrected chi connectivity index (χ2v) is 10.4. The quantitative estimate of drug-likeness (QED) is 0.224. The minimum Gasteiger partial charge on any atom is -0.454 e. The molecule has 0 aliphatic heterocycles. The predicted octanol–water partition coefficient (Wildman–Crippen LogP) is 8.75. The van der Waals surface area contributed by atoms with E-state index in [9.17, 15) is 0 Å². The number of hydrogen-bond donors (Lipinski definition) is 0. The maximum atomic E-state index is 6.58. The minimum absolute atomic E-state index is 0.527. The Morgan fingerprint density at radius 3 is 2.00 bits per heavy atom. The van der Waals surface area contributed by atoms with E-state index in [1.807, 2.05) is 91.1 Å². The number of rotatable bonds is 3. The van der Waals surface area contributed by atoms with Gasteiger partial charge in [-0.05, 0) is 30.3 Å². The van der Waals surface area contributed by atoms with E-state index in [-0.39, 0.29) is 0 Å². The zero-order valence-corrected chi connectivity index (χ0v) is 22.3. The van der Waals surface area contributed by atoms with Crippen molar-refractivity contribution >= 4 is 54.6 Å². The molecule has 9 aromatic rings. The van der Waals surface area contributed by atoms with E-state index in [0.29, 0.717) is 17.6 Å². The van der Waals surface area contributed by atoms with Crippen LogP contribution in [0.1, 0.15) is 0 Å². The summed E-state index contributed by atoms with van der Waals surface area (Å²) in [5.41, 5.74) is 6.30. The lowest BCUT2D eigenvalue weighted by Gasteiger charge is -2.11. The number of fused-ring (bicyclic) bond motifs is 8. The first kappa shape index (κ1) is 22.9. The van der Waals surface area contributed by atoms with Crippen LogP contribution < -0.4 is 0 Å². The van der Waals surface area contributed by atoms with Crippen molar-refractivity contribution in [2.45, 2.75) is 0 Å². The molecule has 0 atom stereocenters. The van der Waals surface area contributed by atoms with Gasteiger partial charge in [-0.25, -0.2) is 4.98 Å². The average molecular weight is 540 g/mol. The molecule has 0 spiro atoms. The first-order valence-corrected chi connectivity index (χ1v) is 13.8. The zero-order chi connectivity index (χ0) is 27.6. The fourth-order valence-electron chi connectivity index (χ4n) is 5.95.